The summed E-state index contributed by atoms with van der Waals surface area (Å²) in [6.07, 6.45) is 0. The van der Waals surface area contributed by atoms with Crippen LogP contribution in [0, 0.1) is 18.3 Å². The van der Waals surface area contributed by atoms with E-state index in [-0.39, 0.29) is 0 Å². The van der Waals surface area contributed by atoms with Crippen LogP contribution in [0.5, 0.6) is 0 Å². The molecule has 0 N–H and O–H groups in total. The van der Waals surface area contributed by atoms with Crippen LogP contribution >= 0.6 is 0 Å². The second kappa shape index (κ2) is 11.3. The van der Waals surface area contributed by atoms with Crippen molar-refractivity contribution in [1.82, 2.24) is 19.5 Å². The highest BCUT2D eigenvalue weighted by molar-refractivity contribution is 6.10. The van der Waals surface area contributed by atoms with Gasteiger partial charge in [0.2, 0.25) is 0 Å². The number of nitrogens with zero attached hydrogens (tertiary/aromatic N) is 5. The van der Waals surface area contributed by atoms with E-state index in [0.717, 1.165) is 49.7 Å². The van der Waals surface area contributed by atoms with Gasteiger partial charge >= 0.3 is 0 Å². The number of aromatic nitrogens is 4. The number of hydrogen-bond donors (Lipinski definition) is 0. The molecule has 0 bridgehead atoms. The predicted molar refractivity (Wildman–Crippen MR) is 185 cm³/mol. The van der Waals surface area contributed by atoms with Crippen molar-refractivity contribution in [2.24, 2.45) is 0 Å². The lowest BCUT2D eigenvalue weighted by Gasteiger charge is -2.13. The van der Waals surface area contributed by atoms with E-state index >= 15 is 0 Å². The van der Waals surface area contributed by atoms with Crippen LogP contribution in [0.1, 0.15) is 11.1 Å². The van der Waals surface area contributed by atoms with Crippen molar-refractivity contribution in [2.45, 2.75) is 6.92 Å². The lowest BCUT2D eigenvalue weighted by atomic mass is 9.99. The van der Waals surface area contributed by atoms with Crippen LogP contribution in [-0.2, 0) is 0 Å². The van der Waals surface area contributed by atoms with Crippen LogP contribution < -0.4 is 0 Å². The maximum Gasteiger partial charge on any atom is 0.164 e. The molecule has 0 radical (unpaired) electrons. The molecule has 0 unspecified atom stereocenters. The summed E-state index contributed by atoms with van der Waals surface area (Å²) in [6, 6.07) is 51.5. The van der Waals surface area contributed by atoms with Gasteiger partial charge in [-0.25, -0.2) is 15.0 Å². The Labute approximate surface area is 266 Å². The fourth-order valence-corrected chi connectivity index (χ4v) is 6.18. The highest BCUT2D eigenvalue weighted by Gasteiger charge is 2.18. The molecule has 0 aliphatic heterocycles. The minimum atomic E-state index is 0.543. The lowest BCUT2D eigenvalue weighted by Crippen LogP contribution is -2.02. The Morgan fingerprint density at radius 3 is 1.74 bits per heavy atom. The van der Waals surface area contributed by atoms with Crippen LogP contribution in [0.25, 0.3) is 72.8 Å². The maximum atomic E-state index is 10.3. The first kappa shape index (κ1) is 27.2. The molecule has 216 valence electrons. The Bertz CT molecular complexity index is 2380. The van der Waals surface area contributed by atoms with Gasteiger partial charge in [0.05, 0.1) is 22.3 Å². The molecular weight excluding hydrogens is 562 g/mol. The van der Waals surface area contributed by atoms with Gasteiger partial charge < -0.3 is 4.57 Å². The average Bonchev–Trinajstić information content (AvgIpc) is 3.45. The SMILES string of the molecule is Cc1ccccc1-c1ccc2c(c1)c1ccccc1n2-c1cc(-c2nc(-c3ccccc3)nc(-c3ccccc3)n2)ccc1C#N. The first-order chi connectivity index (χ1) is 22.7. The number of benzene rings is 6. The van der Waals surface area contributed by atoms with Gasteiger partial charge in [0, 0.05) is 27.5 Å². The highest BCUT2D eigenvalue weighted by atomic mass is 15.0. The monoisotopic (exact) mass is 589 g/mol. The van der Waals surface area contributed by atoms with Crippen LogP contribution in [0.2, 0.25) is 0 Å². The molecule has 6 aromatic carbocycles. The van der Waals surface area contributed by atoms with Gasteiger partial charge in [-0.3, -0.25) is 0 Å². The lowest BCUT2D eigenvalue weighted by molar-refractivity contribution is 1.07. The van der Waals surface area contributed by atoms with Crippen LogP contribution in [-0.4, -0.2) is 19.5 Å². The third-order valence-electron chi connectivity index (χ3n) is 8.45. The zero-order valence-electron chi connectivity index (χ0n) is 25.1. The normalized spacial score (nSPS) is 11.1. The van der Waals surface area contributed by atoms with E-state index in [1.165, 1.54) is 11.1 Å². The Morgan fingerprint density at radius 1 is 0.500 bits per heavy atom. The van der Waals surface area contributed by atoms with Crippen molar-refractivity contribution in [3.8, 4) is 57.0 Å². The molecule has 0 fully saturated rings. The van der Waals surface area contributed by atoms with Crippen molar-refractivity contribution < 1.29 is 0 Å². The van der Waals surface area contributed by atoms with Gasteiger partial charge in [-0.1, -0.05) is 109 Å². The van der Waals surface area contributed by atoms with E-state index in [2.05, 4.69) is 78.2 Å². The smallest absolute Gasteiger partial charge is 0.164 e. The predicted octanol–water partition coefficient (Wildman–Crippen LogP) is 9.82. The molecule has 5 heteroatoms. The molecule has 0 saturated heterocycles. The van der Waals surface area contributed by atoms with Crippen molar-refractivity contribution in [2.75, 3.05) is 0 Å². The molecule has 0 atom stereocenters. The number of hydrogen-bond acceptors (Lipinski definition) is 4. The second-order valence-electron chi connectivity index (χ2n) is 11.3. The summed E-state index contributed by atoms with van der Waals surface area (Å²) in [7, 11) is 0. The Morgan fingerprint density at radius 2 is 1.07 bits per heavy atom. The minimum Gasteiger partial charge on any atom is -0.308 e. The summed E-state index contributed by atoms with van der Waals surface area (Å²) >= 11 is 0. The van der Waals surface area contributed by atoms with Crippen molar-refractivity contribution in [3.05, 3.63) is 157 Å². The van der Waals surface area contributed by atoms with Gasteiger partial charge in [-0.2, -0.15) is 5.26 Å². The molecule has 2 heterocycles. The third kappa shape index (κ3) is 4.70. The first-order valence-electron chi connectivity index (χ1n) is 15.2. The molecule has 0 aliphatic carbocycles. The van der Waals surface area contributed by atoms with Crippen molar-refractivity contribution in [3.63, 3.8) is 0 Å². The van der Waals surface area contributed by atoms with E-state index in [4.69, 9.17) is 15.0 Å². The molecule has 0 saturated carbocycles. The van der Waals surface area contributed by atoms with Crippen LogP contribution in [0.15, 0.2) is 146 Å². The number of fused-ring (bicyclic) bond motifs is 3. The van der Waals surface area contributed by atoms with Gasteiger partial charge in [0.1, 0.15) is 6.07 Å². The van der Waals surface area contributed by atoms with Crippen LogP contribution in [0.4, 0.5) is 0 Å². The molecule has 0 aliphatic rings. The Hall–Kier alpha value is -6.38. The van der Waals surface area contributed by atoms with E-state index in [1.54, 1.807) is 0 Å². The average molecular weight is 590 g/mol. The number of aryl methyl sites for hydroxylation is 1. The summed E-state index contributed by atoms with van der Waals surface area (Å²) in [5.41, 5.74) is 9.60. The Kier molecular flexibility index (Phi) is 6.67. The van der Waals surface area contributed by atoms with E-state index in [1.807, 2.05) is 84.9 Å². The standard InChI is InChI=1S/C41H27N5/c1-27-12-8-9-17-33(27)30-22-23-37-35(24-30)34-18-10-11-19-36(34)46(37)38-25-31(20-21-32(38)26-42)41-44-39(28-13-4-2-5-14-28)43-40(45-41)29-15-6-3-7-16-29/h2-25H,1H3. The fraction of sp³-hybridized carbons (Fsp3) is 0.0244. The van der Waals surface area contributed by atoms with Gasteiger partial charge in [-0.05, 0) is 60.0 Å². The molecule has 2 aromatic heterocycles. The zero-order chi connectivity index (χ0) is 31.0. The van der Waals surface area contributed by atoms with E-state index in [0.29, 0.717) is 23.0 Å². The van der Waals surface area contributed by atoms with E-state index in [9.17, 15) is 5.26 Å². The number of rotatable bonds is 5. The van der Waals surface area contributed by atoms with Crippen molar-refractivity contribution in [1.29, 1.82) is 5.26 Å². The number of para-hydroxylation sites is 1. The Balaban J connectivity index is 1.35. The summed E-state index contributed by atoms with van der Waals surface area (Å²) in [4.78, 5) is 14.7. The molecule has 0 spiro atoms. The summed E-state index contributed by atoms with van der Waals surface area (Å²) in [6.45, 7) is 2.14. The molecule has 5 nitrogen and oxygen atoms in total. The third-order valence-corrected chi connectivity index (χ3v) is 8.45. The fourth-order valence-electron chi connectivity index (χ4n) is 6.18. The first-order valence-corrected chi connectivity index (χ1v) is 15.2. The number of nitriles is 1. The minimum absolute atomic E-state index is 0.543. The van der Waals surface area contributed by atoms with Gasteiger partial charge in [0.15, 0.2) is 17.5 Å². The maximum absolute atomic E-state index is 10.3. The second-order valence-corrected chi connectivity index (χ2v) is 11.3. The summed E-state index contributed by atoms with van der Waals surface area (Å²) < 4.78 is 2.19. The highest BCUT2D eigenvalue weighted by Crippen LogP contribution is 2.37. The van der Waals surface area contributed by atoms with Crippen LogP contribution in [0.3, 0.4) is 0 Å². The molecule has 8 aromatic rings. The van der Waals surface area contributed by atoms with E-state index < -0.39 is 0 Å². The van der Waals surface area contributed by atoms with Crippen molar-refractivity contribution >= 4 is 21.8 Å². The largest absolute Gasteiger partial charge is 0.308 e. The van der Waals surface area contributed by atoms with Gasteiger partial charge in [0.25, 0.3) is 0 Å². The summed E-state index contributed by atoms with van der Waals surface area (Å²) in [5, 5.41) is 12.6. The molecule has 8 rings (SSSR count). The summed E-state index contributed by atoms with van der Waals surface area (Å²) in [5.74, 6) is 1.73. The topological polar surface area (TPSA) is 67.4 Å². The molecule has 46 heavy (non-hydrogen) atoms. The quantitative estimate of drug-likeness (QED) is 0.200. The van der Waals surface area contributed by atoms with Gasteiger partial charge in [-0.15, -0.1) is 0 Å². The zero-order valence-corrected chi connectivity index (χ0v) is 25.1. The molecular formula is C41H27N5. The molecule has 0 amide bonds.